The number of hydrogen-bond acceptors (Lipinski definition) is 3. The molecule has 4 nitrogen and oxygen atoms in total. The molecule has 0 radical (unpaired) electrons. The molecule has 1 N–H and O–H groups in total. The van der Waals surface area contributed by atoms with Crippen LogP contribution in [0.2, 0.25) is 0 Å². The molecule has 1 heterocycles. The van der Waals surface area contributed by atoms with Gasteiger partial charge in [-0.25, -0.2) is 4.98 Å². The number of nitrogens with zero attached hydrogens (tertiary/aromatic N) is 3. The lowest BCUT2D eigenvalue weighted by molar-refractivity contribution is 0.315. The molecular formula is C13H15N3O. The summed E-state index contributed by atoms with van der Waals surface area (Å²) in [6.45, 7) is 2.01. The summed E-state index contributed by atoms with van der Waals surface area (Å²) in [4.78, 5) is 4.55. The first kappa shape index (κ1) is 10.3. The van der Waals surface area contributed by atoms with Crippen LogP contribution < -0.4 is 0 Å². The number of aromatic nitrogens is 2. The van der Waals surface area contributed by atoms with Crippen LogP contribution in [0.1, 0.15) is 31.1 Å². The molecule has 1 unspecified atom stereocenters. The Morgan fingerprint density at radius 3 is 3.06 bits per heavy atom. The largest absolute Gasteiger partial charge is 0.411 e. The molecule has 88 valence electrons. The average molecular weight is 229 g/mol. The van der Waals surface area contributed by atoms with Crippen molar-refractivity contribution in [1.29, 1.82) is 0 Å². The van der Waals surface area contributed by atoms with Crippen molar-refractivity contribution >= 4 is 16.7 Å². The molecule has 0 bridgehead atoms. The molecule has 17 heavy (non-hydrogen) atoms. The van der Waals surface area contributed by atoms with Crippen molar-refractivity contribution in [3.63, 3.8) is 0 Å². The van der Waals surface area contributed by atoms with E-state index in [0.29, 0.717) is 0 Å². The molecule has 2 aromatic rings. The molecule has 1 aromatic carbocycles. The van der Waals surface area contributed by atoms with Crippen molar-refractivity contribution in [2.24, 2.45) is 5.16 Å². The van der Waals surface area contributed by atoms with Crippen LogP contribution in [0.3, 0.4) is 0 Å². The standard InChI is InChI=1S/C13H15N3O/c1-9-14-10-5-2-3-7-12(10)16(9)13-8-4-6-11(13)15-17/h2-3,5,7,13,17H,4,6,8H2,1H3. The number of aryl methyl sites for hydroxylation is 1. The minimum absolute atomic E-state index is 0.174. The van der Waals surface area contributed by atoms with Crippen LogP contribution in [0, 0.1) is 6.92 Å². The Morgan fingerprint density at radius 2 is 2.24 bits per heavy atom. The average Bonchev–Trinajstić information content (AvgIpc) is 2.90. The molecule has 1 aliphatic carbocycles. The van der Waals surface area contributed by atoms with Crippen LogP contribution in [0.15, 0.2) is 29.4 Å². The summed E-state index contributed by atoms with van der Waals surface area (Å²) >= 11 is 0. The fourth-order valence-corrected chi connectivity index (χ4v) is 2.76. The first-order valence-electron chi connectivity index (χ1n) is 5.95. The minimum atomic E-state index is 0.174. The van der Waals surface area contributed by atoms with Crippen LogP contribution in [0.5, 0.6) is 0 Å². The number of hydrogen-bond donors (Lipinski definition) is 1. The maximum absolute atomic E-state index is 9.05. The SMILES string of the molecule is Cc1nc2ccccc2n1C1CCCC1=NO. The van der Waals surface area contributed by atoms with Gasteiger partial charge >= 0.3 is 0 Å². The molecule has 1 saturated carbocycles. The summed E-state index contributed by atoms with van der Waals surface area (Å²) in [5.74, 6) is 0.985. The molecule has 0 saturated heterocycles. The lowest BCUT2D eigenvalue weighted by Gasteiger charge is -2.15. The van der Waals surface area contributed by atoms with E-state index >= 15 is 0 Å². The zero-order chi connectivity index (χ0) is 11.8. The van der Waals surface area contributed by atoms with Gasteiger partial charge in [-0.1, -0.05) is 17.3 Å². The van der Waals surface area contributed by atoms with E-state index in [-0.39, 0.29) is 6.04 Å². The van der Waals surface area contributed by atoms with Gasteiger partial charge in [0, 0.05) is 0 Å². The molecule has 1 aromatic heterocycles. The van der Waals surface area contributed by atoms with E-state index < -0.39 is 0 Å². The Hall–Kier alpha value is -1.84. The van der Waals surface area contributed by atoms with Gasteiger partial charge in [-0.15, -0.1) is 0 Å². The van der Waals surface area contributed by atoms with E-state index in [1.54, 1.807) is 0 Å². The predicted octanol–water partition coefficient (Wildman–Crippen LogP) is 2.90. The van der Waals surface area contributed by atoms with Gasteiger partial charge in [0.05, 0.1) is 22.8 Å². The maximum Gasteiger partial charge on any atom is 0.107 e. The van der Waals surface area contributed by atoms with Crippen molar-refractivity contribution in [2.45, 2.75) is 32.2 Å². The second-order valence-electron chi connectivity index (χ2n) is 4.52. The molecule has 3 rings (SSSR count). The van der Waals surface area contributed by atoms with Crippen molar-refractivity contribution in [3.8, 4) is 0 Å². The molecule has 0 aliphatic heterocycles. The van der Waals surface area contributed by atoms with Crippen molar-refractivity contribution in [2.75, 3.05) is 0 Å². The number of fused-ring (bicyclic) bond motifs is 1. The third-order valence-corrected chi connectivity index (χ3v) is 3.51. The summed E-state index contributed by atoms with van der Waals surface area (Å²) in [5, 5.41) is 12.5. The van der Waals surface area contributed by atoms with Gasteiger partial charge in [-0.2, -0.15) is 0 Å². The van der Waals surface area contributed by atoms with Crippen LogP contribution in [0.25, 0.3) is 11.0 Å². The van der Waals surface area contributed by atoms with E-state index in [4.69, 9.17) is 5.21 Å². The van der Waals surface area contributed by atoms with Gasteiger partial charge < -0.3 is 9.77 Å². The number of benzene rings is 1. The number of imidazole rings is 1. The summed E-state index contributed by atoms with van der Waals surface area (Å²) in [7, 11) is 0. The summed E-state index contributed by atoms with van der Waals surface area (Å²) in [6, 6.07) is 8.28. The van der Waals surface area contributed by atoms with E-state index in [2.05, 4.69) is 20.8 Å². The highest BCUT2D eigenvalue weighted by Gasteiger charge is 2.27. The van der Waals surface area contributed by atoms with Gasteiger partial charge in [-0.3, -0.25) is 0 Å². The van der Waals surface area contributed by atoms with Gasteiger partial charge in [-0.05, 0) is 38.3 Å². The summed E-state index contributed by atoms with van der Waals surface area (Å²) < 4.78 is 2.19. The predicted molar refractivity (Wildman–Crippen MR) is 66.6 cm³/mol. The Balaban J connectivity index is 2.20. The quantitative estimate of drug-likeness (QED) is 0.603. The number of rotatable bonds is 1. The first-order valence-corrected chi connectivity index (χ1v) is 5.95. The lowest BCUT2D eigenvalue weighted by Crippen LogP contribution is -2.15. The second-order valence-corrected chi connectivity index (χ2v) is 4.52. The highest BCUT2D eigenvalue weighted by molar-refractivity contribution is 5.91. The van der Waals surface area contributed by atoms with E-state index in [1.807, 2.05) is 25.1 Å². The topological polar surface area (TPSA) is 50.4 Å². The summed E-state index contributed by atoms with van der Waals surface area (Å²) in [6.07, 6.45) is 2.99. The van der Waals surface area contributed by atoms with E-state index in [9.17, 15) is 0 Å². The maximum atomic E-state index is 9.05. The first-order chi connectivity index (χ1) is 8.31. The van der Waals surface area contributed by atoms with Crippen molar-refractivity contribution in [3.05, 3.63) is 30.1 Å². The highest BCUT2D eigenvalue weighted by atomic mass is 16.4. The second kappa shape index (κ2) is 3.87. The monoisotopic (exact) mass is 229 g/mol. The molecule has 1 aliphatic rings. The van der Waals surface area contributed by atoms with Crippen LogP contribution >= 0.6 is 0 Å². The molecule has 0 spiro atoms. The zero-order valence-corrected chi connectivity index (χ0v) is 9.80. The normalized spacial score (nSPS) is 22.6. The molecule has 0 amide bonds. The molecule has 1 fully saturated rings. The number of oxime groups is 1. The smallest absolute Gasteiger partial charge is 0.107 e. The molecular weight excluding hydrogens is 214 g/mol. The Kier molecular flexibility index (Phi) is 2.35. The fraction of sp³-hybridized carbons (Fsp3) is 0.385. The van der Waals surface area contributed by atoms with Crippen LogP contribution in [-0.4, -0.2) is 20.5 Å². The highest BCUT2D eigenvalue weighted by Crippen LogP contribution is 2.31. The lowest BCUT2D eigenvalue weighted by atomic mass is 10.2. The molecule has 1 atom stereocenters. The fourth-order valence-electron chi connectivity index (χ4n) is 2.76. The third-order valence-electron chi connectivity index (χ3n) is 3.51. The van der Waals surface area contributed by atoms with Gasteiger partial charge in [0.1, 0.15) is 5.82 Å². The van der Waals surface area contributed by atoms with Gasteiger partial charge in [0.25, 0.3) is 0 Å². The number of para-hydroxylation sites is 2. The van der Waals surface area contributed by atoms with Crippen molar-refractivity contribution in [1.82, 2.24) is 9.55 Å². The van der Waals surface area contributed by atoms with Crippen LogP contribution in [-0.2, 0) is 0 Å². The van der Waals surface area contributed by atoms with Crippen molar-refractivity contribution < 1.29 is 5.21 Å². The summed E-state index contributed by atoms with van der Waals surface area (Å²) in [5.41, 5.74) is 3.00. The minimum Gasteiger partial charge on any atom is -0.411 e. The van der Waals surface area contributed by atoms with E-state index in [0.717, 1.165) is 41.8 Å². The third kappa shape index (κ3) is 1.52. The van der Waals surface area contributed by atoms with E-state index in [1.165, 1.54) is 0 Å². The Labute approximate surface area is 99.6 Å². The van der Waals surface area contributed by atoms with Gasteiger partial charge in [0.15, 0.2) is 0 Å². The Bertz CT molecular complexity index is 585. The van der Waals surface area contributed by atoms with Crippen LogP contribution in [0.4, 0.5) is 0 Å². The Morgan fingerprint density at radius 1 is 1.41 bits per heavy atom. The van der Waals surface area contributed by atoms with Gasteiger partial charge in [0.2, 0.25) is 0 Å². The molecule has 4 heteroatoms. The zero-order valence-electron chi connectivity index (χ0n) is 9.80.